The van der Waals surface area contributed by atoms with Gasteiger partial charge in [-0.15, -0.1) is 0 Å². The SMILES string of the molecule is COC(=O)c1cccc(Oc2ccc([N+](=O)[O-])cc2S(=O)(=O)N2CCCC2)c1. The maximum Gasteiger partial charge on any atom is 0.337 e. The first-order valence-corrected chi connectivity index (χ1v) is 9.92. The number of nitro groups is 1. The number of ether oxygens (including phenoxy) is 2. The van der Waals surface area contributed by atoms with Crippen LogP contribution >= 0.6 is 0 Å². The highest BCUT2D eigenvalue weighted by molar-refractivity contribution is 7.89. The minimum absolute atomic E-state index is 0.0560. The van der Waals surface area contributed by atoms with Crippen LogP contribution in [-0.4, -0.2) is 43.8 Å². The van der Waals surface area contributed by atoms with Gasteiger partial charge in [0, 0.05) is 25.2 Å². The van der Waals surface area contributed by atoms with Crippen LogP contribution < -0.4 is 4.74 Å². The number of nitro benzene ring substituents is 1. The Morgan fingerprint density at radius 1 is 1.14 bits per heavy atom. The summed E-state index contributed by atoms with van der Waals surface area (Å²) >= 11 is 0. The van der Waals surface area contributed by atoms with Crippen molar-refractivity contribution in [2.45, 2.75) is 17.7 Å². The van der Waals surface area contributed by atoms with Crippen LogP contribution in [0.15, 0.2) is 47.4 Å². The van der Waals surface area contributed by atoms with E-state index in [1.165, 1.54) is 35.7 Å². The number of carbonyl (C=O) groups is 1. The predicted molar refractivity (Wildman–Crippen MR) is 98.9 cm³/mol. The molecule has 10 heteroatoms. The summed E-state index contributed by atoms with van der Waals surface area (Å²) in [6, 6.07) is 9.43. The molecule has 2 aromatic carbocycles. The number of carbonyl (C=O) groups excluding carboxylic acids is 1. The Hall–Kier alpha value is -2.98. The molecule has 0 amide bonds. The summed E-state index contributed by atoms with van der Waals surface area (Å²) in [6.45, 7) is 0.699. The number of benzene rings is 2. The van der Waals surface area contributed by atoms with Crippen molar-refractivity contribution < 1.29 is 27.6 Å². The largest absolute Gasteiger partial charge is 0.465 e. The van der Waals surface area contributed by atoms with E-state index in [4.69, 9.17) is 4.74 Å². The van der Waals surface area contributed by atoms with Gasteiger partial charge in [0.1, 0.15) is 16.4 Å². The number of rotatable bonds is 6. The molecule has 0 unspecified atom stereocenters. The number of hydrogen-bond acceptors (Lipinski definition) is 7. The summed E-state index contributed by atoms with van der Waals surface area (Å²) in [5, 5.41) is 11.1. The number of esters is 1. The van der Waals surface area contributed by atoms with Gasteiger partial charge in [-0.1, -0.05) is 6.07 Å². The number of non-ortho nitro benzene ring substituents is 1. The van der Waals surface area contributed by atoms with Gasteiger partial charge in [-0.2, -0.15) is 4.31 Å². The fourth-order valence-corrected chi connectivity index (χ4v) is 4.55. The molecule has 0 saturated carbocycles. The number of nitrogens with zero attached hydrogens (tertiary/aromatic N) is 2. The van der Waals surface area contributed by atoms with Crippen molar-refractivity contribution in [2.24, 2.45) is 0 Å². The van der Waals surface area contributed by atoms with E-state index in [-0.39, 0.29) is 27.6 Å². The summed E-state index contributed by atoms with van der Waals surface area (Å²) < 4.78 is 37.6. The van der Waals surface area contributed by atoms with Gasteiger partial charge in [0.15, 0.2) is 0 Å². The molecule has 3 rings (SSSR count). The minimum Gasteiger partial charge on any atom is -0.465 e. The zero-order chi connectivity index (χ0) is 20.3. The Balaban J connectivity index is 2.03. The quantitative estimate of drug-likeness (QED) is 0.411. The minimum atomic E-state index is -3.96. The molecule has 1 fully saturated rings. The highest BCUT2D eigenvalue weighted by Gasteiger charge is 2.32. The van der Waals surface area contributed by atoms with Crippen LogP contribution in [0.1, 0.15) is 23.2 Å². The first kappa shape index (κ1) is 19.8. The molecule has 1 aliphatic heterocycles. The van der Waals surface area contributed by atoms with Gasteiger partial charge < -0.3 is 9.47 Å². The van der Waals surface area contributed by atoms with Crippen molar-refractivity contribution >= 4 is 21.7 Å². The number of sulfonamides is 1. The highest BCUT2D eigenvalue weighted by Crippen LogP contribution is 2.35. The fraction of sp³-hybridized carbons (Fsp3) is 0.278. The normalized spacial score (nSPS) is 14.6. The summed E-state index contributed by atoms with van der Waals surface area (Å²) in [4.78, 5) is 21.9. The predicted octanol–water partition coefficient (Wildman–Crippen LogP) is 2.96. The van der Waals surface area contributed by atoms with E-state index in [0.717, 1.165) is 18.9 Å². The molecule has 2 aromatic rings. The molecule has 148 valence electrons. The molecule has 0 spiro atoms. The van der Waals surface area contributed by atoms with Gasteiger partial charge in [-0.25, -0.2) is 13.2 Å². The molecular weight excluding hydrogens is 388 g/mol. The van der Waals surface area contributed by atoms with Crippen molar-refractivity contribution in [3.63, 3.8) is 0 Å². The summed E-state index contributed by atoms with van der Waals surface area (Å²) in [5.74, 6) is -0.423. The van der Waals surface area contributed by atoms with Crippen LogP contribution in [0.3, 0.4) is 0 Å². The van der Waals surface area contributed by atoms with Crippen molar-refractivity contribution in [1.82, 2.24) is 4.31 Å². The van der Waals surface area contributed by atoms with E-state index in [1.807, 2.05) is 0 Å². The Bertz CT molecular complexity index is 1010. The second kappa shape index (κ2) is 7.95. The number of methoxy groups -OCH3 is 1. The Morgan fingerprint density at radius 2 is 1.86 bits per heavy atom. The lowest BCUT2D eigenvalue weighted by Gasteiger charge is -2.18. The average molecular weight is 406 g/mol. The zero-order valence-electron chi connectivity index (χ0n) is 15.0. The van der Waals surface area contributed by atoms with Crippen LogP contribution in [0.4, 0.5) is 5.69 Å². The van der Waals surface area contributed by atoms with Gasteiger partial charge in [0.25, 0.3) is 5.69 Å². The number of hydrogen-bond donors (Lipinski definition) is 0. The summed E-state index contributed by atoms with van der Waals surface area (Å²) in [7, 11) is -2.72. The second-order valence-corrected chi connectivity index (χ2v) is 8.03. The third-order valence-electron chi connectivity index (χ3n) is 4.30. The molecule has 0 N–H and O–H groups in total. The molecular formula is C18H18N2O7S. The van der Waals surface area contributed by atoms with Crippen molar-refractivity contribution in [3.8, 4) is 11.5 Å². The van der Waals surface area contributed by atoms with Gasteiger partial charge in [-0.3, -0.25) is 10.1 Å². The lowest BCUT2D eigenvalue weighted by Crippen LogP contribution is -2.28. The van der Waals surface area contributed by atoms with Crippen molar-refractivity contribution in [3.05, 3.63) is 58.1 Å². The molecule has 1 saturated heterocycles. The van der Waals surface area contributed by atoms with Crippen LogP contribution in [0.5, 0.6) is 11.5 Å². The van der Waals surface area contributed by atoms with Crippen LogP contribution in [-0.2, 0) is 14.8 Å². The molecule has 0 aromatic heterocycles. The maximum atomic E-state index is 13.0. The molecule has 1 heterocycles. The molecule has 0 radical (unpaired) electrons. The van der Waals surface area contributed by atoms with Crippen LogP contribution in [0, 0.1) is 10.1 Å². The first-order chi connectivity index (χ1) is 13.3. The smallest absolute Gasteiger partial charge is 0.337 e. The Kier molecular flexibility index (Phi) is 5.61. The molecule has 9 nitrogen and oxygen atoms in total. The molecule has 0 aliphatic carbocycles. The first-order valence-electron chi connectivity index (χ1n) is 8.48. The average Bonchev–Trinajstić information content (AvgIpc) is 3.23. The lowest BCUT2D eigenvalue weighted by molar-refractivity contribution is -0.385. The molecule has 0 atom stereocenters. The van der Waals surface area contributed by atoms with Gasteiger partial charge >= 0.3 is 5.97 Å². The van der Waals surface area contributed by atoms with Gasteiger partial charge in [0.05, 0.1) is 17.6 Å². The van der Waals surface area contributed by atoms with E-state index in [1.54, 1.807) is 12.1 Å². The van der Waals surface area contributed by atoms with E-state index >= 15 is 0 Å². The third kappa shape index (κ3) is 3.97. The fourth-order valence-electron chi connectivity index (χ4n) is 2.90. The van der Waals surface area contributed by atoms with Gasteiger partial charge in [-0.05, 0) is 37.1 Å². The molecule has 28 heavy (non-hydrogen) atoms. The summed E-state index contributed by atoms with van der Waals surface area (Å²) in [6.07, 6.45) is 1.46. The topological polar surface area (TPSA) is 116 Å². The van der Waals surface area contributed by atoms with E-state index in [0.29, 0.717) is 13.1 Å². The third-order valence-corrected chi connectivity index (χ3v) is 6.22. The van der Waals surface area contributed by atoms with Crippen molar-refractivity contribution in [1.29, 1.82) is 0 Å². The van der Waals surface area contributed by atoms with E-state index in [2.05, 4.69) is 4.74 Å². The van der Waals surface area contributed by atoms with Crippen LogP contribution in [0.2, 0.25) is 0 Å². The van der Waals surface area contributed by atoms with Gasteiger partial charge in [0.2, 0.25) is 10.0 Å². The molecule has 0 bridgehead atoms. The Morgan fingerprint density at radius 3 is 2.50 bits per heavy atom. The maximum absolute atomic E-state index is 13.0. The zero-order valence-corrected chi connectivity index (χ0v) is 15.8. The van der Waals surface area contributed by atoms with E-state index in [9.17, 15) is 23.3 Å². The highest BCUT2D eigenvalue weighted by atomic mass is 32.2. The van der Waals surface area contributed by atoms with E-state index < -0.39 is 20.9 Å². The lowest BCUT2D eigenvalue weighted by atomic mass is 10.2. The second-order valence-electron chi connectivity index (χ2n) is 6.12. The van der Waals surface area contributed by atoms with Crippen molar-refractivity contribution in [2.75, 3.05) is 20.2 Å². The van der Waals surface area contributed by atoms with Crippen LogP contribution in [0.25, 0.3) is 0 Å². The summed E-state index contributed by atoms with van der Waals surface area (Å²) in [5.41, 5.74) is -0.126. The standard InChI is InChI=1S/C18H18N2O7S/c1-26-18(21)13-5-4-6-15(11-13)27-16-8-7-14(20(22)23)12-17(16)28(24,25)19-9-2-3-10-19/h4-8,11-12H,2-3,9-10H2,1H3. The monoisotopic (exact) mass is 406 g/mol. The molecule has 1 aliphatic rings. The Labute approximate surface area is 161 Å².